The van der Waals surface area contributed by atoms with Crippen LogP contribution in [0.3, 0.4) is 0 Å². The number of halogens is 3. The minimum Gasteiger partial charge on any atom is -0.489 e. The summed E-state index contributed by atoms with van der Waals surface area (Å²) in [4.78, 5) is 0. The third-order valence-electron chi connectivity index (χ3n) is 3.43. The predicted molar refractivity (Wildman–Crippen MR) is 82.3 cm³/mol. The van der Waals surface area contributed by atoms with E-state index in [0.29, 0.717) is 22.6 Å². The van der Waals surface area contributed by atoms with Gasteiger partial charge in [-0.05, 0) is 29.8 Å². The molecule has 25 heavy (non-hydrogen) atoms. The highest BCUT2D eigenvalue weighted by atomic mass is 19.4. The van der Waals surface area contributed by atoms with Crippen LogP contribution in [0.4, 0.5) is 13.2 Å². The van der Waals surface area contributed by atoms with E-state index < -0.39 is 11.7 Å². The van der Waals surface area contributed by atoms with Gasteiger partial charge in [-0.15, -0.1) is 5.10 Å². The summed E-state index contributed by atoms with van der Waals surface area (Å²) < 4.78 is 43.8. The van der Waals surface area contributed by atoms with Crippen LogP contribution in [0.25, 0.3) is 11.3 Å². The highest BCUT2D eigenvalue weighted by Crippen LogP contribution is 2.30. The zero-order chi connectivity index (χ0) is 17.9. The van der Waals surface area contributed by atoms with E-state index in [0.717, 1.165) is 12.1 Å². The molecular formula is C17H11F3N4O. The molecule has 0 aliphatic heterocycles. The zero-order valence-corrected chi connectivity index (χ0v) is 12.7. The molecule has 0 aliphatic rings. The lowest BCUT2D eigenvalue weighted by Gasteiger charge is -2.10. The van der Waals surface area contributed by atoms with Gasteiger partial charge in [0.25, 0.3) is 0 Å². The lowest BCUT2D eigenvalue weighted by molar-refractivity contribution is -0.137. The van der Waals surface area contributed by atoms with Gasteiger partial charge >= 0.3 is 6.18 Å². The van der Waals surface area contributed by atoms with E-state index in [1.54, 1.807) is 30.3 Å². The summed E-state index contributed by atoms with van der Waals surface area (Å²) >= 11 is 0. The third kappa shape index (κ3) is 3.77. The van der Waals surface area contributed by atoms with Gasteiger partial charge in [0.1, 0.15) is 24.1 Å². The van der Waals surface area contributed by atoms with Crippen molar-refractivity contribution in [2.75, 3.05) is 0 Å². The minimum atomic E-state index is -4.39. The Morgan fingerprint density at radius 2 is 1.92 bits per heavy atom. The van der Waals surface area contributed by atoms with Crippen LogP contribution >= 0.6 is 0 Å². The highest BCUT2D eigenvalue weighted by Gasteiger charge is 2.30. The zero-order valence-electron chi connectivity index (χ0n) is 12.7. The number of nitriles is 1. The summed E-state index contributed by atoms with van der Waals surface area (Å²) in [6.45, 7) is -0.0166. The van der Waals surface area contributed by atoms with Crippen molar-refractivity contribution in [3.8, 4) is 23.1 Å². The van der Waals surface area contributed by atoms with Crippen LogP contribution in [0.1, 0.15) is 16.8 Å². The molecule has 1 aromatic heterocycles. The lowest BCUT2D eigenvalue weighted by Crippen LogP contribution is -2.06. The molecule has 5 nitrogen and oxygen atoms in total. The van der Waals surface area contributed by atoms with E-state index in [9.17, 15) is 13.2 Å². The van der Waals surface area contributed by atoms with E-state index >= 15 is 0 Å². The van der Waals surface area contributed by atoms with Crippen LogP contribution in [-0.4, -0.2) is 15.4 Å². The Labute approximate surface area is 140 Å². The van der Waals surface area contributed by atoms with Crippen LogP contribution in [0.15, 0.2) is 48.5 Å². The highest BCUT2D eigenvalue weighted by molar-refractivity contribution is 5.65. The fraction of sp³-hybridized carbons (Fsp3) is 0.118. The lowest BCUT2D eigenvalue weighted by atomic mass is 10.1. The Morgan fingerprint density at radius 3 is 2.68 bits per heavy atom. The van der Waals surface area contributed by atoms with Gasteiger partial charge in [-0.1, -0.05) is 29.5 Å². The maximum Gasteiger partial charge on any atom is 0.416 e. The summed E-state index contributed by atoms with van der Waals surface area (Å²) in [6, 6.07) is 13.7. The Hall–Kier alpha value is -3.34. The Morgan fingerprint density at radius 1 is 1.12 bits per heavy atom. The molecule has 126 valence electrons. The molecular weight excluding hydrogens is 333 g/mol. The maximum atomic E-state index is 12.7. The maximum absolute atomic E-state index is 12.7. The van der Waals surface area contributed by atoms with Crippen molar-refractivity contribution in [2.45, 2.75) is 12.8 Å². The number of nitrogens with one attached hydrogen (secondary N) is 1. The standard InChI is InChI=1S/C17H11F3N4O/c18-17(19,20)13-5-1-3-11(7-13)10-25-14-6-2-4-12(8-14)16-15(9-21)22-24-23-16/h1-8H,10H2,(H,22,23,24). The number of hydrogen-bond acceptors (Lipinski definition) is 4. The first-order chi connectivity index (χ1) is 12.0. The number of rotatable bonds is 4. The Kier molecular flexibility index (Phi) is 4.39. The summed E-state index contributed by atoms with van der Waals surface area (Å²) in [7, 11) is 0. The molecule has 0 aliphatic carbocycles. The van der Waals surface area contributed by atoms with Crippen LogP contribution in [-0.2, 0) is 12.8 Å². The van der Waals surface area contributed by atoms with Gasteiger partial charge in [0.15, 0.2) is 5.69 Å². The minimum absolute atomic E-state index is 0.0166. The molecule has 1 N–H and O–H groups in total. The SMILES string of the molecule is N#Cc1[nH]nnc1-c1cccc(OCc2cccc(C(F)(F)F)c2)c1. The van der Waals surface area contributed by atoms with Crippen molar-refractivity contribution in [1.82, 2.24) is 15.4 Å². The fourth-order valence-electron chi connectivity index (χ4n) is 2.25. The normalized spacial score (nSPS) is 11.1. The second-order valence-electron chi connectivity index (χ2n) is 5.16. The van der Waals surface area contributed by atoms with E-state index in [1.807, 2.05) is 6.07 Å². The first kappa shape index (κ1) is 16.5. The molecule has 3 rings (SSSR count). The monoisotopic (exact) mass is 344 g/mol. The number of ether oxygens (including phenoxy) is 1. The average molecular weight is 344 g/mol. The fourth-order valence-corrected chi connectivity index (χ4v) is 2.25. The molecule has 0 saturated carbocycles. The molecule has 8 heteroatoms. The van der Waals surface area contributed by atoms with Crippen LogP contribution in [0.5, 0.6) is 5.75 Å². The average Bonchev–Trinajstić information content (AvgIpc) is 3.08. The quantitative estimate of drug-likeness (QED) is 0.778. The summed E-state index contributed by atoms with van der Waals surface area (Å²) in [5.41, 5.74) is 0.900. The summed E-state index contributed by atoms with van der Waals surface area (Å²) in [5.74, 6) is 0.446. The van der Waals surface area contributed by atoms with Gasteiger partial charge < -0.3 is 4.74 Å². The second kappa shape index (κ2) is 6.65. The Bertz CT molecular complexity index is 928. The molecule has 2 aromatic carbocycles. The number of aromatic amines is 1. The topological polar surface area (TPSA) is 74.6 Å². The van der Waals surface area contributed by atoms with Gasteiger partial charge in [-0.2, -0.15) is 18.4 Å². The van der Waals surface area contributed by atoms with Crippen LogP contribution in [0, 0.1) is 11.3 Å². The molecule has 1 heterocycles. The van der Waals surface area contributed by atoms with Gasteiger partial charge in [0, 0.05) is 5.56 Å². The molecule has 0 atom stereocenters. The number of hydrogen-bond donors (Lipinski definition) is 1. The van der Waals surface area contributed by atoms with Crippen LogP contribution in [0.2, 0.25) is 0 Å². The van der Waals surface area contributed by atoms with Gasteiger partial charge in [0.05, 0.1) is 5.56 Å². The number of aromatic nitrogens is 3. The summed E-state index contributed by atoms with van der Waals surface area (Å²) in [5, 5.41) is 18.9. The van der Waals surface area contributed by atoms with Crippen molar-refractivity contribution in [3.05, 3.63) is 65.4 Å². The smallest absolute Gasteiger partial charge is 0.416 e. The van der Waals surface area contributed by atoms with Crippen molar-refractivity contribution in [1.29, 1.82) is 5.26 Å². The molecule has 0 fully saturated rings. The third-order valence-corrected chi connectivity index (χ3v) is 3.43. The largest absolute Gasteiger partial charge is 0.489 e. The second-order valence-corrected chi connectivity index (χ2v) is 5.16. The predicted octanol–water partition coefficient (Wildman–Crippen LogP) is 3.94. The van der Waals surface area contributed by atoms with E-state index in [-0.39, 0.29) is 12.3 Å². The molecule has 0 saturated heterocycles. The van der Waals surface area contributed by atoms with E-state index in [1.165, 1.54) is 6.07 Å². The number of benzene rings is 2. The number of nitrogens with zero attached hydrogens (tertiary/aromatic N) is 3. The first-order valence-corrected chi connectivity index (χ1v) is 7.18. The molecule has 0 radical (unpaired) electrons. The molecule has 0 bridgehead atoms. The van der Waals surface area contributed by atoms with Gasteiger partial charge in [-0.25, -0.2) is 5.10 Å². The first-order valence-electron chi connectivity index (χ1n) is 7.18. The number of alkyl halides is 3. The van der Waals surface area contributed by atoms with E-state index in [2.05, 4.69) is 15.4 Å². The molecule has 0 unspecified atom stereocenters. The van der Waals surface area contributed by atoms with Crippen molar-refractivity contribution in [2.24, 2.45) is 0 Å². The van der Waals surface area contributed by atoms with Gasteiger partial charge in [0.2, 0.25) is 0 Å². The van der Waals surface area contributed by atoms with E-state index in [4.69, 9.17) is 10.00 Å². The molecule has 3 aromatic rings. The Balaban J connectivity index is 1.77. The molecule has 0 spiro atoms. The van der Waals surface area contributed by atoms with Crippen molar-refractivity contribution in [3.63, 3.8) is 0 Å². The summed E-state index contributed by atoms with van der Waals surface area (Å²) in [6.07, 6.45) is -4.39. The van der Waals surface area contributed by atoms with Crippen molar-refractivity contribution < 1.29 is 17.9 Å². The molecule has 0 amide bonds. The van der Waals surface area contributed by atoms with Crippen molar-refractivity contribution >= 4 is 0 Å². The number of H-pyrrole nitrogens is 1. The van der Waals surface area contributed by atoms with Gasteiger partial charge in [-0.3, -0.25) is 0 Å². The van der Waals surface area contributed by atoms with Crippen LogP contribution < -0.4 is 4.74 Å².